The normalized spacial score (nSPS) is 15.4. The van der Waals surface area contributed by atoms with Gasteiger partial charge in [-0.3, -0.25) is 4.57 Å². The van der Waals surface area contributed by atoms with Crippen molar-refractivity contribution in [2.24, 2.45) is 0 Å². The van der Waals surface area contributed by atoms with Crippen molar-refractivity contribution in [2.45, 2.75) is 20.5 Å². The molecular weight excluding hydrogens is 221 g/mol. The first-order valence-corrected chi connectivity index (χ1v) is 7.18. The first kappa shape index (κ1) is 11.9. The molecule has 6 heteroatoms. The van der Waals surface area contributed by atoms with Crippen molar-refractivity contribution in [2.75, 3.05) is 13.3 Å². The average Bonchev–Trinajstić information content (AvgIpc) is 2.48. The summed E-state index contributed by atoms with van der Waals surface area (Å²) in [4.78, 5) is 4.19. The second-order valence-corrected chi connectivity index (χ2v) is 5.94. The van der Waals surface area contributed by atoms with Gasteiger partial charge in [0, 0.05) is 12.0 Å². The van der Waals surface area contributed by atoms with Crippen molar-refractivity contribution in [3.05, 3.63) is 16.1 Å². The number of rotatable bonds is 5. The van der Waals surface area contributed by atoms with Crippen LogP contribution >= 0.6 is 18.9 Å². The average molecular weight is 235 g/mol. The molecule has 4 nitrogen and oxygen atoms in total. The molecule has 0 aromatic carbocycles. The summed E-state index contributed by atoms with van der Waals surface area (Å²) in [6.45, 7) is 5.81. The predicted molar refractivity (Wildman–Crippen MR) is 56.8 cm³/mol. The lowest BCUT2D eigenvalue weighted by molar-refractivity contribution is 0.208. The standard InChI is InChI=1S/C8H14NO3PS/c1-4-11-13(3,10)12-5-8-6-14-7(2)9-8/h6H,4-5H2,1-3H3. The molecule has 1 atom stereocenters. The van der Waals surface area contributed by atoms with Crippen LogP contribution in [0.4, 0.5) is 0 Å². The highest BCUT2D eigenvalue weighted by Gasteiger charge is 2.16. The van der Waals surface area contributed by atoms with Gasteiger partial charge in [-0.15, -0.1) is 11.3 Å². The van der Waals surface area contributed by atoms with Crippen LogP contribution in [-0.2, 0) is 20.2 Å². The van der Waals surface area contributed by atoms with E-state index in [9.17, 15) is 4.57 Å². The number of aryl methyl sites for hydroxylation is 1. The zero-order valence-electron chi connectivity index (χ0n) is 8.52. The van der Waals surface area contributed by atoms with Gasteiger partial charge in [-0.25, -0.2) is 4.98 Å². The van der Waals surface area contributed by atoms with E-state index in [0.29, 0.717) is 6.61 Å². The molecule has 0 bridgehead atoms. The van der Waals surface area contributed by atoms with Crippen LogP contribution in [0.1, 0.15) is 17.6 Å². The highest BCUT2D eigenvalue weighted by molar-refractivity contribution is 7.52. The van der Waals surface area contributed by atoms with E-state index in [2.05, 4.69) is 4.98 Å². The summed E-state index contributed by atoms with van der Waals surface area (Å²) in [6, 6.07) is 0. The zero-order valence-corrected chi connectivity index (χ0v) is 10.2. The Kier molecular flexibility index (Phi) is 4.26. The van der Waals surface area contributed by atoms with Crippen molar-refractivity contribution in [1.29, 1.82) is 0 Å². The van der Waals surface area contributed by atoms with Gasteiger partial charge in [0.15, 0.2) is 0 Å². The third kappa shape index (κ3) is 3.88. The maximum absolute atomic E-state index is 11.5. The molecular formula is C8H14NO3PS. The summed E-state index contributed by atoms with van der Waals surface area (Å²) in [5, 5.41) is 2.87. The van der Waals surface area contributed by atoms with Crippen molar-refractivity contribution in [3.8, 4) is 0 Å². The van der Waals surface area contributed by atoms with Crippen LogP contribution in [0.25, 0.3) is 0 Å². The third-order valence-corrected chi connectivity index (χ3v) is 3.62. The summed E-state index contributed by atoms with van der Waals surface area (Å²) < 4.78 is 21.6. The number of hydrogen-bond donors (Lipinski definition) is 0. The first-order chi connectivity index (χ1) is 6.53. The van der Waals surface area contributed by atoms with Crippen molar-refractivity contribution in [1.82, 2.24) is 4.98 Å². The Bertz CT molecular complexity index is 339. The molecule has 0 aliphatic carbocycles. The monoisotopic (exact) mass is 235 g/mol. The molecule has 0 radical (unpaired) electrons. The van der Waals surface area contributed by atoms with Crippen molar-refractivity contribution < 1.29 is 13.6 Å². The van der Waals surface area contributed by atoms with Crippen LogP contribution in [0.2, 0.25) is 0 Å². The topological polar surface area (TPSA) is 48.4 Å². The molecule has 0 amide bonds. The lowest BCUT2D eigenvalue weighted by Crippen LogP contribution is -1.95. The molecule has 1 heterocycles. The van der Waals surface area contributed by atoms with Crippen molar-refractivity contribution >= 4 is 18.9 Å². The Morgan fingerprint density at radius 3 is 2.79 bits per heavy atom. The SMILES string of the molecule is CCOP(C)(=O)OCc1csc(C)n1. The van der Waals surface area contributed by atoms with Gasteiger partial charge >= 0.3 is 7.60 Å². The number of hydrogen-bond acceptors (Lipinski definition) is 5. The second kappa shape index (κ2) is 5.03. The fourth-order valence-electron chi connectivity index (χ4n) is 0.930. The molecule has 0 aliphatic heterocycles. The number of aromatic nitrogens is 1. The Hall–Kier alpha value is -0.220. The fraction of sp³-hybridized carbons (Fsp3) is 0.625. The van der Waals surface area contributed by atoms with Crippen LogP contribution in [0.5, 0.6) is 0 Å². The molecule has 1 rings (SSSR count). The lowest BCUT2D eigenvalue weighted by Gasteiger charge is -2.11. The molecule has 1 aromatic heterocycles. The largest absolute Gasteiger partial charge is 0.327 e. The van der Waals surface area contributed by atoms with Gasteiger partial charge in [-0.2, -0.15) is 0 Å². The highest BCUT2D eigenvalue weighted by atomic mass is 32.1. The molecule has 80 valence electrons. The van der Waals surface area contributed by atoms with E-state index in [4.69, 9.17) is 9.05 Å². The Balaban J connectivity index is 2.44. The zero-order chi connectivity index (χ0) is 10.6. The van der Waals surface area contributed by atoms with Gasteiger partial charge in [-0.1, -0.05) is 0 Å². The Morgan fingerprint density at radius 1 is 1.57 bits per heavy atom. The molecule has 1 aromatic rings. The first-order valence-electron chi connectivity index (χ1n) is 4.31. The molecule has 14 heavy (non-hydrogen) atoms. The smallest absolute Gasteiger partial charge is 0.309 e. The highest BCUT2D eigenvalue weighted by Crippen LogP contribution is 2.44. The van der Waals surface area contributed by atoms with Gasteiger partial charge in [0.25, 0.3) is 0 Å². The summed E-state index contributed by atoms with van der Waals surface area (Å²) in [5.74, 6) is 0. The van der Waals surface area contributed by atoms with E-state index in [-0.39, 0.29) is 6.61 Å². The summed E-state index contributed by atoms with van der Waals surface area (Å²) >= 11 is 1.55. The van der Waals surface area contributed by atoms with Crippen LogP contribution in [0, 0.1) is 6.92 Å². The van der Waals surface area contributed by atoms with Crippen LogP contribution < -0.4 is 0 Å². The minimum Gasteiger partial charge on any atom is -0.309 e. The van der Waals surface area contributed by atoms with Crippen LogP contribution in [0.3, 0.4) is 0 Å². The summed E-state index contributed by atoms with van der Waals surface area (Å²) in [7, 11) is -2.88. The van der Waals surface area contributed by atoms with E-state index in [1.54, 1.807) is 18.3 Å². The molecule has 0 aliphatic rings. The van der Waals surface area contributed by atoms with E-state index in [0.717, 1.165) is 10.7 Å². The number of nitrogens with zero attached hydrogens (tertiary/aromatic N) is 1. The second-order valence-electron chi connectivity index (χ2n) is 2.82. The van der Waals surface area contributed by atoms with E-state index >= 15 is 0 Å². The van der Waals surface area contributed by atoms with E-state index in [1.807, 2.05) is 12.3 Å². The molecule has 0 spiro atoms. The Labute approximate surface area is 87.8 Å². The fourth-order valence-corrected chi connectivity index (χ4v) is 2.44. The third-order valence-electron chi connectivity index (χ3n) is 1.48. The minimum atomic E-state index is -2.88. The Morgan fingerprint density at radius 2 is 2.29 bits per heavy atom. The maximum atomic E-state index is 11.5. The predicted octanol–water partition coefficient (Wildman–Crippen LogP) is 2.83. The molecule has 0 saturated heterocycles. The van der Waals surface area contributed by atoms with Crippen LogP contribution in [0.15, 0.2) is 5.38 Å². The van der Waals surface area contributed by atoms with Crippen LogP contribution in [-0.4, -0.2) is 18.3 Å². The molecule has 0 N–H and O–H groups in total. The van der Waals surface area contributed by atoms with Gasteiger partial charge in [0.1, 0.15) is 0 Å². The molecule has 1 unspecified atom stereocenters. The lowest BCUT2D eigenvalue weighted by atomic mass is 10.5. The van der Waals surface area contributed by atoms with Gasteiger partial charge < -0.3 is 9.05 Å². The number of thiazole rings is 1. The summed E-state index contributed by atoms with van der Waals surface area (Å²) in [5.41, 5.74) is 0.800. The molecule has 0 fully saturated rings. The van der Waals surface area contributed by atoms with Crippen molar-refractivity contribution in [3.63, 3.8) is 0 Å². The van der Waals surface area contributed by atoms with E-state index < -0.39 is 7.60 Å². The van der Waals surface area contributed by atoms with Gasteiger partial charge in [-0.05, 0) is 13.8 Å². The van der Waals surface area contributed by atoms with Gasteiger partial charge in [0.05, 0.1) is 23.9 Å². The van der Waals surface area contributed by atoms with Gasteiger partial charge in [0.2, 0.25) is 0 Å². The minimum absolute atomic E-state index is 0.248. The van der Waals surface area contributed by atoms with E-state index in [1.165, 1.54) is 6.66 Å². The quantitative estimate of drug-likeness (QED) is 0.736. The maximum Gasteiger partial charge on any atom is 0.327 e. The molecule has 0 saturated carbocycles. The summed E-state index contributed by atoms with van der Waals surface area (Å²) in [6.07, 6.45) is 0.